The van der Waals surface area contributed by atoms with E-state index in [2.05, 4.69) is 10.3 Å². The highest BCUT2D eigenvalue weighted by Crippen LogP contribution is 2.41. The summed E-state index contributed by atoms with van der Waals surface area (Å²) in [6.07, 6.45) is -9.30. The molecule has 0 spiro atoms. The molecule has 1 aromatic heterocycles. The molecule has 0 saturated carbocycles. The zero-order valence-corrected chi connectivity index (χ0v) is 9.10. The molecule has 0 amide bonds. The molecular weight excluding hydrogens is 264 g/mol. The van der Waals surface area contributed by atoms with E-state index in [1.165, 1.54) is 6.92 Å². The summed E-state index contributed by atoms with van der Waals surface area (Å²) in [6.45, 7) is 1.46. The van der Waals surface area contributed by atoms with E-state index in [1.807, 2.05) is 0 Å². The SMILES string of the molecule is CC1CC(C(F)(F)F)n2cc(C(F)(F)F)nc2N1. The Morgan fingerprint density at radius 1 is 1.28 bits per heavy atom. The number of halogens is 6. The van der Waals surface area contributed by atoms with Crippen LogP contribution in [0.5, 0.6) is 0 Å². The lowest BCUT2D eigenvalue weighted by atomic mass is 10.1. The number of fused-ring (bicyclic) bond motifs is 1. The Bertz CT molecular complexity index is 446. The van der Waals surface area contributed by atoms with E-state index in [4.69, 9.17) is 0 Å². The third kappa shape index (κ3) is 2.25. The maximum Gasteiger partial charge on any atom is 0.434 e. The minimum atomic E-state index is -4.76. The first kappa shape index (κ1) is 13.0. The Morgan fingerprint density at radius 3 is 2.39 bits per heavy atom. The lowest BCUT2D eigenvalue weighted by molar-refractivity contribution is -0.171. The molecule has 0 radical (unpaired) electrons. The highest BCUT2D eigenvalue weighted by Gasteiger charge is 2.46. The molecule has 1 aromatic rings. The largest absolute Gasteiger partial charge is 0.434 e. The minimum Gasteiger partial charge on any atom is -0.353 e. The van der Waals surface area contributed by atoms with E-state index in [0.717, 1.165) is 0 Å². The summed E-state index contributed by atoms with van der Waals surface area (Å²) in [5.74, 6) is -0.400. The van der Waals surface area contributed by atoms with Crippen molar-refractivity contribution < 1.29 is 26.3 Å². The molecule has 1 aliphatic rings. The summed E-state index contributed by atoms with van der Waals surface area (Å²) in [4.78, 5) is 3.16. The van der Waals surface area contributed by atoms with Gasteiger partial charge in [-0.15, -0.1) is 0 Å². The van der Waals surface area contributed by atoms with Gasteiger partial charge in [-0.1, -0.05) is 0 Å². The number of imidazole rings is 1. The minimum absolute atomic E-state index is 0.329. The third-order valence-corrected chi connectivity index (χ3v) is 2.69. The predicted molar refractivity (Wildman–Crippen MR) is 50.0 cm³/mol. The van der Waals surface area contributed by atoms with Crippen LogP contribution in [0.25, 0.3) is 0 Å². The fraction of sp³-hybridized carbons (Fsp3) is 0.667. The smallest absolute Gasteiger partial charge is 0.353 e. The van der Waals surface area contributed by atoms with Crippen molar-refractivity contribution in [2.24, 2.45) is 0 Å². The Morgan fingerprint density at radius 2 is 1.89 bits per heavy atom. The van der Waals surface area contributed by atoms with Gasteiger partial charge in [0.05, 0.1) is 0 Å². The van der Waals surface area contributed by atoms with Crippen molar-refractivity contribution in [1.29, 1.82) is 0 Å². The quantitative estimate of drug-likeness (QED) is 0.735. The summed E-state index contributed by atoms with van der Waals surface area (Å²) in [5, 5.41) is 2.51. The van der Waals surface area contributed by atoms with Gasteiger partial charge in [0.2, 0.25) is 5.95 Å². The topological polar surface area (TPSA) is 29.9 Å². The van der Waals surface area contributed by atoms with Gasteiger partial charge in [-0.3, -0.25) is 0 Å². The van der Waals surface area contributed by atoms with Gasteiger partial charge in [-0.2, -0.15) is 26.3 Å². The maximum atomic E-state index is 12.7. The Kier molecular flexibility index (Phi) is 2.74. The Hall–Kier alpha value is -1.41. The zero-order valence-electron chi connectivity index (χ0n) is 9.10. The van der Waals surface area contributed by atoms with E-state index in [9.17, 15) is 26.3 Å². The summed E-state index contributed by atoms with van der Waals surface area (Å²) in [6, 6.07) is -2.57. The van der Waals surface area contributed by atoms with Crippen LogP contribution in [0.4, 0.5) is 32.3 Å². The van der Waals surface area contributed by atoms with Crippen LogP contribution in [-0.4, -0.2) is 21.8 Å². The number of rotatable bonds is 0. The first-order chi connectivity index (χ1) is 8.09. The number of nitrogens with one attached hydrogen (secondary N) is 1. The molecule has 1 aliphatic heterocycles. The van der Waals surface area contributed by atoms with E-state index >= 15 is 0 Å². The fourth-order valence-corrected chi connectivity index (χ4v) is 1.89. The Labute approximate surface area is 97.8 Å². The number of alkyl halides is 6. The molecule has 9 heteroatoms. The van der Waals surface area contributed by atoms with Crippen molar-refractivity contribution in [2.75, 3.05) is 5.32 Å². The predicted octanol–water partition coefficient (Wildman–Crippen LogP) is 3.21. The van der Waals surface area contributed by atoms with E-state index in [1.54, 1.807) is 0 Å². The molecular formula is C9H9F6N3. The second kappa shape index (κ2) is 3.79. The van der Waals surface area contributed by atoms with Crippen LogP contribution in [0, 0.1) is 0 Å². The molecule has 0 saturated heterocycles. The van der Waals surface area contributed by atoms with Gasteiger partial charge in [0.25, 0.3) is 0 Å². The number of nitrogens with zero attached hydrogens (tertiary/aromatic N) is 2. The van der Waals surface area contributed by atoms with Crippen molar-refractivity contribution in [3.63, 3.8) is 0 Å². The molecule has 102 valence electrons. The van der Waals surface area contributed by atoms with Crippen LogP contribution in [0.15, 0.2) is 6.20 Å². The molecule has 2 atom stereocenters. The van der Waals surface area contributed by atoms with Crippen LogP contribution in [-0.2, 0) is 6.18 Å². The van der Waals surface area contributed by atoms with Gasteiger partial charge >= 0.3 is 12.4 Å². The monoisotopic (exact) mass is 273 g/mol. The summed E-state index contributed by atoms with van der Waals surface area (Å²) in [7, 11) is 0. The van der Waals surface area contributed by atoms with Crippen LogP contribution >= 0.6 is 0 Å². The number of hydrogen-bond acceptors (Lipinski definition) is 2. The van der Waals surface area contributed by atoms with E-state index in [0.29, 0.717) is 10.8 Å². The van der Waals surface area contributed by atoms with Crippen molar-refractivity contribution in [2.45, 2.75) is 37.8 Å². The van der Waals surface area contributed by atoms with Crippen molar-refractivity contribution >= 4 is 5.95 Å². The van der Waals surface area contributed by atoms with Crippen molar-refractivity contribution in [3.05, 3.63) is 11.9 Å². The second-order valence-corrected chi connectivity index (χ2v) is 4.19. The second-order valence-electron chi connectivity index (χ2n) is 4.19. The molecule has 18 heavy (non-hydrogen) atoms. The summed E-state index contributed by atoms with van der Waals surface area (Å²) >= 11 is 0. The highest BCUT2D eigenvalue weighted by molar-refractivity contribution is 5.34. The van der Waals surface area contributed by atoms with E-state index < -0.39 is 36.1 Å². The lowest BCUT2D eigenvalue weighted by Crippen LogP contribution is -2.37. The molecule has 2 rings (SSSR count). The van der Waals surface area contributed by atoms with Crippen LogP contribution < -0.4 is 5.32 Å². The van der Waals surface area contributed by atoms with Crippen molar-refractivity contribution in [1.82, 2.24) is 9.55 Å². The summed E-state index contributed by atoms with van der Waals surface area (Å²) in [5.41, 5.74) is -1.33. The van der Waals surface area contributed by atoms with Gasteiger partial charge in [0.15, 0.2) is 5.69 Å². The first-order valence-corrected chi connectivity index (χ1v) is 5.08. The average molecular weight is 273 g/mol. The number of hydrogen-bond donors (Lipinski definition) is 1. The van der Waals surface area contributed by atoms with Crippen molar-refractivity contribution in [3.8, 4) is 0 Å². The average Bonchev–Trinajstić information content (AvgIpc) is 2.57. The van der Waals surface area contributed by atoms with E-state index in [-0.39, 0.29) is 6.42 Å². The summed E-state index contributed by atoms with van der Waals surface area (Å²) < 4.78 is 76.0. The molecule has 0 fully saturated rings. The van der Waals surface area contributed by atoms with Gasteiger partial charge in [-0.05, 0) is 13.3 Å². The number of anilines is 1. The van der Waals surface area contributed by atoms with Gasteiger partial charge in [0.1, 0.15) is 6.04 Å². The highest BCUT2D eigenvalue weighted by atomic mass is 19.4. The molecule has 2 heterocycles. The van der Waals surface area contributed by atoms with Crippen LogP contribution in [0.2, 0.25) is 0 Å². The standard InChI is InChI=1S/C9H9F6N3/c1-4-2-6(9(13,14)15)18-3-5(8(10,11)12)17-7(18)16-4/h3-4,6H,2H2,1H3,(H,16,17). The van der Waals surface area contributed by atoms with Gasteiger partial charge < -0.3 is 9.88 Å². The van der Waals surface area contributed by atoms with Gasteiger partial charge in [-0.25, -0.2) is 4.98 Å². The third-order valence-electron chi connectivity index (χ3n) is 2.69. The molecule has 0 aliphatic carbocycles. The molecule has 3 nitrogen and oxygen atoms in total. The molecule has 0 bridgehead atoms. The van der Waals surface area contributed by atoms with Crippen LogP contribution in [0.1, 0.15) is 25.1 Å². The molecule has 1 N–H and O–H groups in total. The zero-order chi connectivity index (χ0) is 13.7. The molecule has 0 aromatic carbocycles. The lowest BCUT2D eigenvalue weighted by Gasteiger charge is -2.31. The number of aromatic nitrogens is 2. The van der Waals surface area contributed by atoms with Crippen LogP contribution in [0.3, 0.4) is 0 Å². The fourth-order valence-electron chi connectivity index (χ4n) is 1.89. The molecule has 2 unspecified atom stereocenters. The Balaban J connectivity index is 2.46. The first-order valence-electron chi connectivity index (χ1n) is 5.08. The maximum absolute atomic E-state index is 12.7. The van der Waals surface area contributed by atoms with Gasteiger partial charge in [0, 0.05) is 12.2 Å². The normalized spacial score (nSPS) is 24.6.